The van der Waals surface area contributed by atoms with Crippen LogP contribution in [0.1, 0.15) is 5.56 Å². The molecule has 1 aromatic heterocycles. The topological polar surface area (TPSA) is 31.2 Å². The zero-order chi connectivity index (χ0) is 16.5. The van der Waals surface area contributed by atoms with E-state index in [0.29, 0.717) is 0 Å². The second kappa shape index (κ2) is 6.02. The van der Waals surface area contributed by atoms with E-state index in [2.05, 4.69) is 41.0 Å². The van der Waals surface area contributed by atoms with Crippen LogP contribution in [0, 0.1) is 0 Å². The summed E-state index contributed by atoms with van der Waals surface area (Å²) in [5.41, 5.74) is 3.50. The molecule has 0 unspecified atom stereocenters. The van der Waals surface area contributed by atoms with Crippen LogP contribution in [0.5, 0.6) is 0 Å². The molecule has 4 heteroatoms. The van der Waals surface area contributed by atoms with Crippen LogP contribution >= 0.6 is 11.6 Å². The Morgan fingerprint density at radius 1 is 0.833 bits per heavy atom. The van der Waals surface area contributed by atoms with Gasteiger partial charge >= 0.3 is 5.43 Å². The van der Waals surface area contributed by atoms with Crippen molar-refractivity contribution in [1.82, 2.24) is 4.57 Å². The van der Waals surface area contributed by atoms with Gasteiger partial charge in [0.15, 0.2) is 0 Å². The van der Waals surface area contributed by atoms with Gasteiger partial charge in [0.2, 0.25) is 0 Å². The molecule has 1 heterocycles. The smallest absolute Gasteiger partial charge is 0.404 e. The number of benzene rings is 3. The summed E-state index contributed by atoms with van der Waals surface area (Å²) in [4.78, 5) is 10.7. The fourth-order valence-corrected chi connectivity index (χ4v) is 3.14. The molecule has 0 fully saturated rings. The van der Waals surface area contributed by atoms with E-state index in [-0.39, 0.29) is 6.61 Å². The lowest BCUT2D eigenvalue weighted by Crippen LogP contribution is -1.97. The molecule has 0 aliphatic carbocycles. The maximum atomic E-state index is 10.7. The molecule has 0 amide bonds. The lowest BCUT2D eigenvalue weighted by Gasteiger charge is -2.09. The number of nitrogens with zero attached hydrogens (tertiary/aromatic N) is 1. The van der Waals surface area contributed by atoms with Crippen LogP contribution in [0.25, 0.3) is 27.5 Å². The van der Waals surface area contributed by atoms with E-state index in [9.17, 15) is 4.79 Å². The number of carbonyl (C=O) groups is 1. The monoisotopic (exact) mass is 335 g/mol. The summed E-state index contributed by atoms with van der Waals surface area (Å²) in [6.07, 6.45) is 0. The second-order valence-corrected chi connectivity index (χ2v) is 5.87. The normalized spacial score (nSPS) is 11.0. The molecule has 3 aromatic carbocycles. The van der Waals surface area contributed by atoms with Gasteiger partial charge in [-0.05, 0) is 29.8 Å². The van der Waals surface area contributed by atoms with Gasteiger partial charge in [-0.15, -0.1) is 0 Å². The highest BCUT2D eigenvalue weighted by Gasteiger charge is 2.11. The molecule has 118 valence electrons. The Balaban J connectivity index is 1.84. The number of halogens is 1. The Bertz CT molecular complexity index is 981. The number of hydrogen-bond acceptors (Lipinski definition) is 2. The number of aromatic nitrogens is 1. The van der Waals surface area contributed by atoms with Crippen LogP contribution in [0.15, 0.2) is 72.8 Å². The molecular weight excluding hydrogens is 322 g/mol. The minimum Gasteiger partial charge on any atom is -0.449 e. The summed E-state index contributed by atoms with van der Waals surface area (Å²) < 4.78 is 7.06. The van der Waals surface area contributed by atoms with Crippen molar-refractivity contribution in [2.24, 2.45) is 0 Å². The Morgan fingerprint density at radius 2 is 1.38 bits per heavy atom. The minimum atomic E-state index is -0.790. The van der Waals surface area contributed by atoms with Crippen molar-refractivity contribution in [2.45, 2.75) is 6.61 Å². The van der Waals surface area contributed by atoms with Gasteiger partial charge < -0.3 is 9.30 Å². The summed E-state index contributed by atoms with van der Waals surface area (Å²) in [6, 6.07) is 24.7. The van der Waals surface area contributed by atoms with E-state index in [4.69, 9.17) is 16.3 Å². The zero-order valence-corrected chi connectivity index (χ0v) is 13.5. The zero-order valence-electron chi connectivity index (χ0n) is 12.8. The predicted octanol–water partition coefficient (Wildman–Crippen LogP) is 5.66. The molecule has 0 saturated heterocycles. The van der Waals surface area contributed by atoms with Crippen LogP contribution in [0.2, 0.25) is 0 Å². The first-order chi connectivity index (χ1) is 11.7. The third-order valence-corrected chi connectivity index (χ3v) is 4.24. The summed E-state index contributed by atoms with van der Waals surface area (Å²) in [5.74, 6) is 0. The van der Waals surface area contributed by atoms with Crippen molar-refractivity contribution in [3.63, 3.8) is 0 Å². The van der Waals surface area contributed by atoms with Crippen molar-refractivity contribution in [2.75, 3.05) is 0 Å². The molecule has 24 heavy (non-hydrogen) atoms. The minimum absolute atomic E-state index is 0.176. The number of hydrogen-bond donors (Lipinski definition) is 0. The molecule has 4 aromatic rings. The summed E-state index contributed by atoms with van der Waals surface area (Å²) in [6.45, 7) is 0.176. The van der Waals surface area contributed by atoms with Crippen LogP contribution in [-0.2, 0) is 11.3 Å². The highest BCUT2D eigenvalue weighted by Crippen LogP contribution is 2.31. The molecule has 0 aliphatic rings. The van der Waals surface area contributed by atoms with Gasteiger partial charge in [-0.1, -0.05) is 48.5 Å². The third-order valence-electron chi connectivity index (χ3n) is 4.13. The average molecular weight is 336 g/mol. The van der Waals surface area contributed by atoms with Crippen molar-refractivity contribution < 1.29 is 9.53 Å². The van der Waals surface area contributed by atoms with E-state index >= 15 is 0 Å². The van der Waals surface area contributed by atoms with Crippen LogP contribution < -0.4 is 0 Å². The molecule has 0 saturated carbocycles. The molecule has 0 atom stereocenters. The average Bonchev–Trinajstić information content (AvgIpc) is 2.95. The maximum absolute atomic E-state index is 10.7. The van der Waals surface area contributed by atoms with Gasteiger partial charge in [0.1, 0.15) is 6.61 Å². The van der Waals surface area contributed by atoms with Gasteiger partial charge in [-0.25, -0.2) is 4.79 Å². The van der Waals surface area contributed by atoms with E-state index in [1.807, 2.05) is 36.4 Å². The maximum Gasteiger partial charge on any atom is 0.404 e. The first-order valence-corrected chi connectivity index (χ1v) is 8.01. The molecular formula is C20H14ClNO2. The summed E-state index contributed by atoms with van der Waals surface area (Å²) in [7, 11) is 0. The standard InChI is InChI=1S/C20H14ClNO2/c21-20(23)24-13-14-9-11-15(12-10-14)22-18-7-3-1-5-16(18)17-6-2-4-8-19(17)22/h1-12H,13H2. The third kappa shape index (κ3) is 2.53. The second-order valence-electron chi connectivity index (χ2n) is 5.56. The molecule has 0 spiro atoms. The predicted molar refractivity (Wildman–Crippen MR) is 96.8 cm³/mol. The van der Waals surface area contributed by atoms with Gasteiger partial charge in [0.25, 0.3) is 0 Å². The Kier molecular flexibility index (Phi) is 3.71. The molecule has 4 rings (SSSR count). The van der Waals surface area contributed by atoms with Crippen molar-refractivity contribution in [3.05, 3.63) is 78.4 Å². The van der Waals surface area contributed by atoms with Gasteiger partial charge in [0.05, 0.1) is 11.0 Å². The van der Waals surface area contributed by atoms with E-state index < -0.39 is 5.43 Å². The Hall–Kier alpha value is -2.78. The number of para-hydroxylation sites is 2. The Labute approximate surface area is 144 Å². The molecule has 0 bridgehead atoms. The number of ether oxygens (including phenoxy) is 1. The molecule has 0 aliphatic heterocycles. The molecule has 3 nitrogen and oxygen atoms in total. The van der Waals surface area contributed by atoms with Crippen molar-refractivity contribution >= 4 is 38.8 Å². The van der Waals surface area contributed by atoms with E-state index in [1.165, 1.54) is 21.8 Å². The first-order valence-electron chi connectivity index (χ1n) is 7.64. The summed E-state index contributed by atoms with van der Waals surface area (Å²) in [5, 5.41) is 2.46. The van der Waals surface area contributed by atoms with Crippen LogP contribution in [-0.4, -0.2) is 10.00 Å². The highest BCUT2D eigenvalue weighted by molar-refractivity contribution is 6.61. The van der Waals surface area contributed by atoms with Crippen molar-refractivity contribution in [3.8, 4) is 5.69 Å². The largest absolute Gasteiger partial charge is 0.449 e. The number of rotatable bonds is 3. The quantitative estimate of drug-likeness (QED) is 0.452. The first kappa shape index (κ1) is 14.8. The molecule has 0 N–H and O–H groups in total. The SMILES string of the molecule is O=C(Cl)OCc1ccc(-n2c3ccccc3c3ccccc32)cc1. The Morgan fingerprint density at radius 3 is 1.92 bits per heavy atom. The fraction of sp³-hybridized carbons (Fsp3) is 0.0500. The van der Waals surface area contributed by atoms with E-state index in [0.717, 1.165) is 11.3 Å². The number of carbonyl (C=O) groups excluding carboxylic acids is 1. The van der Waals surface area contributed by atoms with E-state index in [1.54, 1.807) is 0 Å². The van der Waals surface area contributed by atoms with Gasteiger partial charge in [0, 0.05) is 28.1 Å². The lowest BCUT2D eigenvalue weighted by molar-refractivity contribution is 0.167. The molecule has 0 radical (unpaired) electrons. The highest BCUT2D eigenvalue weighted by atomic mass is 35.5. The number of fused-ring (bicyclic) bond motifs is 3. The van der Waals surface area contributed by atoms with Crippen LogP contribution in [0.3, 0.4) is 0 Å². The van der Waals surface area contributed by atoms with Gasteiger partial charge in [-0.2, -0.15) is 0 Å². The van der Waals surface area contributed by atoms with Crippen LogP contribution in [0.4, 0.5) is 4.79 Å². The lowest BCUT2D eigenvalue weighted by atomic mass is 10.2. The summed E-state index contributed by atoms with van der Waals surface area (Å²) >= 11 is 5.21. The van der Waals surface area contributed by atoms with Crippen molar-refractivity contribution in [1.29, 1.82) is 0 Å². The fourth-order valence-electron chi connectivity index (χ4n) is 3.08. The van der Waals surface area contributed by atoms with Gasteiger partial charge in [-0.3, -0.25) is 0 Å².